The normalized spacial score (nSPS) is 19.3. The zero-order valence-corrected chi connectivity index (χ0v) is 12.8. The lowest BCUT2D eigenvalue weighted by Crippen LogP contribution is -2.31. The summed E-state index contributed by atoms with van der Waals surface area (Å²) in [6, 6.07) is 0.456. The zero-order valence-electron chi connectivity index (χ0n) is 12.8. The smallest absolute Gasteiger partial charge is 0.147 e. The van der Waals surface area contributed by atoms with Gasteiger partial charge in [0.15, 0.2) is 0 Å². The first-order valence-corrected chi connectivity index (χ1v) is 7.48. The number of rotatable bonds is 6. The van der Waals surface area contributed by atoms with Crippen molar-refractivity contribution in [3.8, 4) is 0 Å². The van der Waals surface area contributed by atoms with Gasteiger partial charge in [0, 0.05) is 39.0 Å². The molecule has 1 aliphatic rings. The van der Waals surface area contributed by atoms with Crippen LogP contribution in [-0.2, 0) is 11.3 Å². The Morgan fingerprint density at radius 3 is 3.00 bits per heavy atom. The van der Waals surface area contributed by atoms with Crippen LogP contribution < -0.4 is 10.2 Å². The Hall–Kier alpha value is -1.20. The SMILES string of the molecule is CC(C)NCc1cncc(N(C)CC2CCCOC2)n1. The maximum Gasteiger partial charge on any atom is 0.147 e. The van der Waals surface area contributed by atoms with Crippen LogP contribution in [0.25, 0.3) is 0 Å². The summed E-state index contributed by atoms with van der Waals surface area (Å²) in [5, 5.41) is 3.37. The molecule has 5 heteroatoms. The van der Waals surface area contributed by atoms with Gasteiger partial charge in [-0.2, -0.15) is 0 Å². The van der Waals surface area contributed by atoms with Gasteiger partial charge in [-0.3, -0.25) is 4.98 Å². The van der Waals surface area contributed by atoms with E-state index in [4.69, 9.17) is 4.74 Å². The maximum atomic E-state index is 5.53. The Labute approximate surface area is 121 Å². The van der Waals surface area contributed by atoms with Crippen molar-refractivity contribution in [1.29, 1.82) is 0 Å². The van der Waals surface area contributed by atoms with Crippen LogP contribution in [0.3, 0.4) is 0 Å². The van der Waals surface area contributed by atoms with E-state index >= 15 is 0 Å². The lowest BCUT2D eigenvalue weighted by Gasteiger charge is -2.27. The average Bonchev–Trinajstić information content (AvgIpc) is 2.46. The molecule has 1 aromatic rings. The molecule has 1 saturated heterocycles. The second-order valence-corrected chi connectivity index (χ2v) is 5.87. The minimum Gasteiger partial charge on any atom is -0.381 e. The van der Waals surface area contributed by atoms with Gasteiger partial charge >= 0.3 is 0 Å². The zero-order chi connectivity index (χ0) is 14.4. The molecule has 0 radical (unpaired) electrons. The van der Waals surface area contributed by atoms with Crippen LogP contribution in [0, 0.1) is 5.92 Å². The Kier molecular flexibility index (Phi) is 5.73. The Morgan fingerprint density at radius 1 is 1.45 bits per heavy atom. The van der Waals surface area contributed by atoms with E-state index in [1.165, 1.54) is 12.8 Å². The molecule has 0 aromatic carbocycles. The number of anilines is 1. The lowest BCUT2D eigenvalue weighted by atomic mass is 10.0. The summed E-state index contributed by atoms with van der Waals surface area (Å²) in [5.41, 5.74) is 0.989. The van der Waals surface area contributed by atoms with E-state index in [-0.39, 0.29) is 0 Å². The molecule has 1 aliphatic heterocycles. The summed E-state index contributed by atoms with van der Waals surface area (Å²) in [6.45, 7) is 7.79. The van der Waals surface area contributed by atoms with Crippen LogP contribution in [-0.4, -0.2) is 42.8 Å². The molecule has 1 fully saturated rings. The van der Waals surface area contributed by atoms with Crippen molar-refractivity contribution in [2.75, 3.05) is 31.7 Å². The van der Waals surface area contributed by atoms with E-state index in [0.717, 1.165) is 37.8 Å². The highest BCUT2D eigenvalue weighted by molar-refractivity contribution is 5.35. The van der Waals surface area contributed by atoms with E-state index in [1.807, 2.05) is 12.4 Å². The van der Waals surface area contributed by atoms with Crippen LogP contribution in [0.5, 0.6) is 0 Å². The van der Waals surface area contributed by atoms with Crippen molar-refractivity contribution in [3.05, 3.63) is 18.1 Å². The van der Waals surface area contributed by atoms with Crippen LogP contribution in [0.1, 0.15) is 32.4 Å². The minimum atomic E-state index is 0.456. The number of nitrogens with zero attached hydrogens (tertiary/aromatic N) is 3. The molecule has 5 nitrogen and oxygen atoms in total. The van der Waals surface area contributed by atoms with Gasteiger partial charge in [-0.05, 0) is 18.8 Å². The van der Waals surface area contributed by atoms with Crippen LogP contribution in [0.2, 0.25) is 0 Å². The molecule has 0 aliphatic carbocycles. The van der Waals surface area contributed by atoms with Gasteiger partial charge in [0.1, 0.15) is 5.82 Å². The minimum absolute atomic E-state index is 0.456. The highest BCUT2D eigenvalue weighted by Gasteiger charge is 2.17. The van der Waals surface area contributed by atoms with Gasteiger partial charge in [-0.25, -0.2) is 4.98 Å². The first-order chi connectivity index (χ1) is 9.65. The van der Waals surface area contributed by atoms with E-state index in [1.54, 1.807) is 0 Å². The third-order valence-corrected chi connectivity index (χ3v) is 3.54. The number of aromatic nitrogens is 2. The Morgan fingerprint density at radius 2 is 2.30 bits per heavy atom. The number of hydrogen-bond donors (Lipinski definition) is 1. The van der Waals surface area contributed by atoms with Crippen molar-refractivity contribution in [2.24, 2.45) is 5.92 Å². The van der Waals surface area contributed by atoms with Crippen molar-refractivity contribution in [2.45, 2.75) is 39.3 Å². The quantitative estimate of drug-likeness (QED) is 0.860. The third kappa shape index (κ3) is 4.72. The molecule has 0 bridgehead atoms. The number of nitrogens with one attached hydrogen (secondary N) is 1. The molecule has 2 heterocycles. The van der Waals surface area contributed by atoms with E-state index in [2.05, 4.69) is 41.1 Å². The van der Waals surface area contributed by atoms with Crippen molar-refractivity contribution in [1.82, 2.24) is 15.3 Å². The number of ether oxygens (including phenoxy) is 1. The molecule has 112 valence electrons. The molecule has 0 amide bonds. The second kappa shape index (κ2) is 7.55. The van der Waals surface area contributed by atoms with Crippen LogP contribution in [0.15, 0.2) is 12.4 Å². The predicted octanol–water partition coefficient (Wildman–Crippen LogP) is 1.84. The van der Waals surface area contributed by atoms with Gasteiger partial charge < -0.3 is 15.0 Å². The highest BCUT2D eigenvalue weighted by Crippen LogP contribution is 2.17. The van der Waals surface area contributed by atoms with E-state index in [0.29, 0.717) is 12.0 Å². The molecular formula is C15H26N4O. The fourth-order valence-electron chi connectivity index (χ4n) is 2.40. The molecule has 1 N–H and O–H groups in total. The van der Waals surface area contributed by atoms with Gasteiger partial charge in [0.25, 0.3) is 0 Å². The van der Waals surface area contributed by atoms with Gasteiger partial charge in [-0.15, -0.1) is 0 Å². The summed E-state index contributed by atoms with van der Waals surface area (Å²) in [7, 11) is 2.08. The molecular weight excluding hydrogens is 252 g/mol. The first-order valence-electron chi connectivity index (χ1n) is 7.48. The molecule has 0 saturated carbocycles. The molecule has 2 rings (SSSR count). The largest absolute Gasteiger partial charge is 0.381 e. The molecule has 1 aromatic heterocycles. The van der Waals surface area contributed by atoms with Crippen molar-refractivity contribution < 1.29 is 4.74 Å². The summed E-state index contributed by atoms with van der Waals surface area (Å²) in [6.07, 6.45) is 6.08. The predicted molar refractivity (Wildman–Crippen MR) is 80.8 cm³/mol. The van der Waals surface area contributed by atoms with Crippen molar-refractivity contribution >= 4 is 5.82 Å². The lowest BCUT2D eigenvalue weighted by molar-refractivity contribution is 0.0576. The summed E-state index contributed by atoms with van der Waals surface area (Å²) in [5.74, 6) is 1.55. The Bertz CT molecular complexity index is 405. The van der Waals surface area contributed by atoms with Crippen LogP contribution >= 0.6 is 0 Å². The topological polar surface area (TPSA) is 50.3 Å². The third-order valence-electron chi connectivity index (χ3n) is 3.54. The molecule has 1 unspecified atom stereocenters. The van der Waals surface area contributed by atoms with E-state index in [9.17, 15) is 0 Å². The summed E-state index contributed by atoms with van der Waals surface area (Å²) >= 11 is 0. The monoisotopic (exact) mass is 278 g/mol. The highest BCUT2D eigenvalue weighted by atomic mass is 16.5. The summed E-state index contributed by atoms with van der Waals surface area (Å²) < 4.78 is 5.53. The first kappa shape index (κ1) is 15.2. The molecule has 1 atom stereocenters. The number of hydrogen-bond acceptors (Lipinski definition) is 5. The van der Waals surface area contributed by atoms with Gasteiger partial charge in [0.2, 0.25) is 0 Å². The molecule has 0 spiro atoms. The molecule has 20 heavy (non-hydrogen) atoms. The summed E-state index contributed by atoms with van der Waals surface area (Å²) in [4.78, 5) is 11.2. The standard InChI is InChI=1S/C15H26N4O/c1-12(2)17-8-14-7-16-9-15(18-14)19(3)10-13-5-4-6-20-11-13/h7,9,12-13,17H,4-6,8,10-11H2,1-3H3. The second-order valence-electron chi connectivity index (χ2n) is 5.87. The maximum absolute atomic E-state index is 5.53. The van der Waals surface area contributed by atoms with E-state index < -0.39 is 0 Å². The van der Waals surface area contributed by atoms with Gasteiger partial charge in [-0.1, -0.05) is 13.8 Å². The Balaban J connectivity index is 1.91. The van der Waals surface area contributed by atoms with Gasteiger partial charge in [0.05, 0.1) is 18.5 Å². The van der Waals surface area contributed by atoms with Crippen LogP contribution in [0.4, 0.5) is 5.82 Å². The van der Waals surface area contributed by atoms with Crippen molar-refractivity contribution in [3.63, 3.8) is 0 Å². The fourth-order valence-corrected chi connectivity index (χ4v) is 2.40. The fraction of sp³-hybridized carbons (Fsp3) is 0.733. The average molecular weight is 278 g/mol.